The summed E-state index contributed by atoms with van der Waals surface area (Å²) in [6, 6.07) is 4.53. The van der Waals surface area contributed by atoms with E-state index < -0.39 is 11.9 Å². The van der Waals surface area contributed by atoms with Crippen LogP contribution in [0.1, 0.15) is 12.8 Å². The number of hydrogen-bond donors (Lipinski definition) is 3. The minimum absolute atomic E-state index is 0.189. The first kappa shape index (κ1) is 15.3. The average molecular weight is 305 g/mol. The number of halogens is 2. The Morgan fingerprint density at radius 3 is 2.16 bits per heavy atom. The maximum atomic E-state index is 10.9. The Morgan fingerprint density at radius 1 is 1.11 bits per heavy atom. The van der Waals surface area contributed by atoms with Gasteiger partial charge in [0.25, 0.3) is 0 Å². The lowest BCUT2D eigenvalue weighted by molar-refractivity contribution is -0.136. The number of anilines is 1. The van der Waals surface area contributed by atoms with Gasteiger partial charge in [-0.25, -0.2) is 4.79 Å². The van der Waals surface area contributed by atoms with Gasteiger partial charge >= 0.3 is 11.9 Å². The third-order valence-electron chi connectivity index (χ3n) is 2.01. The van der Waals surface area contributed by atoms with Gasteiger partial charge in [-0.2, -0.15) is 5.10 Å². The molecule has 0 aliphatic carbocycles. The lowest BCUT2D eigenvalue weighted by atomic mass is 10.2. The number of nitrogens with zero attached hydrogens (tertiary/aromatic N) is 1. The SMILES string of the molecule is O=C(O)CC/C(=N/Nc1cc(Cl)cc(Cl)c1)C(=O)O. The van der Waals surface area contributed by atoms with Crippen LogP contribution in [0.25, 0.3) is 0 Å². The van der Waals surface area contributed by atoms with Crippen LogP contribution < -0.4 is 5.43 Å². The monoisotopic (exact) mass is 304 g/mol. The second kappa shape index (κ2) is 6.96. The van der Waals surface area contributed by atoms with Crippen LogP contribution in [0.15, 0.2) is 23.3 Å². The zero-order valence-electron chi connectivity index (χ0n) is 9.56. The van der Waals surface area contributed by atoms with Crippen molar-refractivity contribution in [3.05, 3.63) is 28.2 Å². The first-order valence-electron chi connectivity index (χ1n) is 5.12. The number of nitrogens with one attached hydrogen (secondary N) is 1. The van der Waals surface area contributed by atoms with Crippen molar-refractivity contribution in [2.24, 2.45) is 5.10 Å². The van der Waals surface area contributed by atoms with Gasteiger partial charge in [0.2, 0.25) is 0 Å². The summed E-state index contributed by atoms with van der Waals surface area (Å²) < 4.78 is 0. The van der Waals surface area contributed by atoms with Gasteiger partial charge in [0.1, 0.15) is 5.71 Å². The summed E-state index contributed by atoms with van der Waals surface area (Å²) >= 11 is 11.5. The lowest BCUT2D eigenvalue weighted by Gasteiger charge is -2.04. The number of benzene rings is 1. The molecule has 0 amide bonds. The Kier molecular flexibility index (Phi) is 5.59. The van der Waals surface area contributed by atoms with Gasteiger partial charge in [0.05, 0.1) is 12.1 Å². The van der Waals surface area contributed by atoms with E-state index in [2.05, 4.69) is 10.5 Å². The molecule has 0 bridgehead atoms. The van der Waals surface area contributed by atoms with E-state index in [4.69, 9.17) is 33.4 Å². The molecule has 0 atom stereocenters. The van der Waals surface area contributed by atoms with E-state index in [1.165, 1.54) is 18.2 Å². The van der Waals surface area contributed by atoms with Crippen LogP contribution in [-0.2, 0) is 9.59 Å². The molecule has 1 aromatic rings. The van der Waals surface area contributed by atoms with E-state index in [0.29, 0.717) is 15.7 Å². The topological polar surface area (TPSA) is 99.0 Å². The van der Waals surface area contributed by atoms with Crippen molar-refractivity contribution in [3.8, 4) is 0 Å². The third kappa shape index (κ3) is 5.58. The molecule has 3 N–H and O–H groups in total. The van der Waals surface area contributed by atoms with Crippen molar-refractivity contribution < 1.29 is 19.8 Å². The van der Waals surface area contributed by atoms with Crippen LogP contribution in [0, 0.1) is 0 Å². The number of hydrogen-bond acceptors (Lipinski definition) is 4. The van der Waals surface area contributed by atoms with Gasteiger partial charge in [-0.3, -0.25) is 10.2 Å². The fourth-order valence-electron chi connectivity index (χ4n) is 1.19. The summed E-state index contributed by atoms with van der Waals surface area (Å²) in [7, 11) is 0. The first-order chi connectivity index (χ1) is 8.88. The third-order valence-corrected chi connectivity index (χ3v) is 2.44. The number of aliphatic carboxylic acids is 2. The molecule has 8 heteroatoms. The number of carbonyl (C=O) groups is 2. The summed E-state index contributed by atoms with van der Waals surface area (Å²) in [6.45, 7) is 0. The maximum absolute atomic E-state index is 10.9. The minimum Gasteiger partial charge on any atom is -0.481 e. The highest BCUT2D eigenvalue weighted by Gasteiger charge is 2.11. The molecular formula is C11H10Cl2N2O4. The Bertz CT molecular complexity index is 511. The predicted octanol–water partition coefficient (Wildman–Crippen LogP) is 2.71. The van der Waals surface area contributed by atoms with Crippen molar-refractivity contribution in [1.29, 1.82) is 0 Å². The van der Waals surface area contributed by atoms with Crippen LogP contribution >= 0.6 is 23.2 Å². The zero-order chi connectivity index (χ0) is 14.4. The fourth-order valence-corrected chi connectivity index (χ4v) is 1.71. The van der Waals surface area contributed by atoms with Gasteiger partial charge < -0.3 is 10.2 Å². The summed E-state index contributed by atoms with van der Waals surface area (Å²) in [6.07, 6.45) is -0.505. The smallest absolute Gasteiger partial charge is 0.352 e. The minimum atomic E-state index is -1.29. The number of carboxylic acids is 2. The zero-order valence-corrected chi connectivity index (χ0v) is 11.1. The van der Waals surface area contributed by atoms with Crippen molar-refractivity contribution in [2.75, 3.05) is 5.43 Å². The molecule has 19 heavy (non-hydrogen) atoms. The summed E-state index contributed by atoms with van der Waals surface area (Å²) in [5.41, 5.74) is 2.59. The number of hydrazone groups is 1. The van der Waals surface area contributed by atoms with Crippen molar-refractivity contribution in [2.45, 2.75) is 12.8 Å². The molecule has 1 aromatic carbocycles. The maximum Gasteiger partial charge on any atom is 0.352 e. The van der Waals surface area contributed by atoms with Crippen molar-refractivity contribution in [1.82, 2.24) is 0 Å². The molecule has 0 aliphatic rings. The van der Waals surface area contributed by atoms with E-state index in [1.54, 1.807) is 0 Å². The molecule has 0 unspecified atom stereocenters. The van der Waals surface area contributed by atoms with Crippen molar-refractivity contribution in [3.63, 3.8) is 0 Å². The largest absolute Gasteiger partial charge is 0.481 e. The molecular weight excluding hydrogens is 295 g/mol. The molecule has 0 spiro atoms. The van der Waals surface area contributed by atoms with Crippen LogP contribution in [0.5, 0.6) is 0 Å². The second-order valence-electron chi connectivity index (χ2n) is 3.53. The molecule has 0 heterocycles. The summed E-state index contributed by atoms with van der Waals surface area (Å²) in [5, 5.41) is 21.7. The standard InChI is InChI=1S/C11H10Cl2N2O4/c12-6-3-7(13)5-8(4-6)14-15-9(11(18)19)1-2-10(16)17/h3-5,14H,1-2H2,(H,16,17)(H,18,19)/b15-9-. The van der Waals surface area contributed by atoms with E-state index in [1.807, 2.05) is 0 Å². The van der Waals surface area contributed by atoms with Gasteiger partial charge in [0.15, 0.2) is 0 Å². The van der Waals surface area contributed by atoms with Gasteiger partial charge in [-0.1, -0.05) is 23.2 Å². The van der Waals surface area contributed by atoms with Gasteiger partial charge in [0, 0.05) is 16.5 Å². The van der Waals surface area contributed by atoms with Crippen LogP contribution in [0.3, 0.4) is 0 Å². The highest BCUT2D eigenvalue weighted by Crippen LogP contribution is 2.22. The highest BCUT2D eigenvalue weighted by molar-refractivity contribution is 6.36. The number of carboxylic acid groups (broad SMARTS) is 2. The Labute approximate surface area is 118 Å². The average Bonchev–Trinajstić information content (AvgIpc) is 2.26. The highest BCUT2D eigenvalue weighted by atomic mass is 35.5. The Morgan fingerprint density at radius 2 is 1.68 bits per heavy atom. The van der Waals surface area contributed by atoms with E-state index in [9.17, 15) is 9.59 Å². The second-order valence-corrected chi connectivity index (χ2v) is 4.40. The van der Waals surface area contributed by atoms with Crippen LogP contribution in [0.4, 0.5) is 5.69 Å². The Balaban J connectivity index is 2.79. The molecule has 0 aliphatic heterocycles. The quantitative estimate of drug-likeness (QED) is 0.554. The van der Waals surface area contributed by atoms with E-state index in [0.717, 1.165) is 0 Å². The molecule has 0 aromatic heterocycles. The molecule has 1 rings (SSSR count). The fraction of sp³-hybridized carbons (Fsp3) is 0.182. The molecule has 0 saturated carbocycles. The van der Waals surface area contributed by atoms with Crippen LogP contribution in [-0.4, -0.2) is 27.9 Å². The summed E-state index contributed by atoms with van der Waals surface area (Å²) in [4.78, 5) is 21.2. The van der Waals surface area contributed by atoms with Gasteiger partial charge in [-0.15, -0.1) is 0 Å². The molecule has 0 saturated heterocycles. The van der Waals surface area contributed by atoms with Crippen LogP contribution in [0.2, 0.25) is 10.0 Å². The lowest BCUT2D eigenvalue weighted by Crippen LogP contribution is -2.16. The first-order valence-corrected chi connectivity index (χ1v) is 5.88. The predicted molar refractivity (Wildman–Crippen MR) is 72.0 cm³/mol. The van der Waals surface area contributed by atoms with Crippen molar-refractivity contribution >= 4 is 46.5 Å². The van der Waals surface area contributed by atoms with E-state index in [-0.39, 0.29) is 18.6 Å². The molecule has 0 fully saturated rings. The summed E-state index contributed by atoms with van der Waals surface area (Å²) in [5.74, 6) is -2.39. The molecule has 6 nitrogen and oxygen atoms in total. The van der Waals surface area contributed by atoms with E-state index >= 15 is 0 Å². The molecule has 102 valence electrons. The number of rotatable bonds is 6. The van der Waals surface area contributed by atoms with Gasteiger partial charge in [-0.05, 0) is 18.2 Å². The Hall–Kier alpha value is -1.79. The normalized spacial score (nSPS) is 11.2. The molecule has 0 radical (unpaired) electrons.